The standard InChI is InChI=1S/C22H47N3O/c1-4-5-6-7-8-9-10-11-12-13-14-15-16-17-22(26)25-21(2)18-19-24-20-23-3/h21,23-24H,4-20H2,1-3H3,(H,25,26). The van der Waals surface area contributed by atoms with Crippen LogP contribution in [0.4, 0.5) is 0 Å². The first-order valence-corrected chi connectivity index (χ1v) is 11.3. The van der Waals surface area contributed by atoms with Crippen molar-refractivity contribution in [2.24, 2.45) is 0 Å². The third-order valence-corrected chi connectivity index (χ3v) is 4.97. The molecule has 0 bridgehead atoms. The van der Waals surface area contributed by atoms with E-state index in [-0.39, 0.29) is 11.9 Å². The first-order chi connectivity index (χ1) is 12.7. The van der Waals surface area contributed by atoms with Gasteiger partial charge in [0.05, 0.1) is 0 Å². The van der Waals surface area contributed by atoms with Crippen molar-refractivity contribution in [2.75, 3.05) is 20.3 Å². The highest BCUT2D eigenvalue weighted by Gasteiger charge is 2.06. The van der Waals surface area contributed by atoms with Gasteiger partial charge < -0.3 is 16.0 Å². The second kappa shape index (κ2) is 20.7. The average Bonchev–Trinajstić information content (AvgIpc) is 2.62. The maximum Gasteiger partial charge on any atom is 0.220 e. The third-order valence-electron chi connectivity index (χ3n) is 4.97. The van der Waals surface area contributed by atoms with Crippen molar-refractivity contribution >= 4 is 5.91 Å². The molecule has 0 aromatic heterocycles. The van der Waals surface area contributed by atoms with Crippen molar-refractivity contribution in [1.82, 2.24) is 16.0 Å². The first-order valence-electron chi connectivity index (χ1n) is 11.3. The second-order valence-electron chi connectivity index (χ2n) is 7.78. The summed E-state index contributed by atoms with van der Waals surface area (Å²) in [6.07, 6.45) is 19.2. The predicted octanol–water partition coefficient (Wildman–Crippen LogP) is 5.13. The molecule has 0 radical (unpaired) electrons. The molecule has 4 nitrogen and oxygen atoms in total. The fraction of sp³-hybridized carbons (Fsp3) is 0.955. The minimum absolute atomic E-state index is 0.217. The van der Waals surface area contributed by atoms with Gasteiger partial charge in [0.15, 0.2) is 0 Å². The van der Waals surface area contributed by atoms with E-state index in [1.807, 2.05) is 7.05 Å². The van der Waals surface area contributed by atoms with Gasteiger partial charge in [-0.25, -0.2) is 0 Å². The van der Waals surface area contributed by atoms with Gasteiger partial charge in [0, 0.05) is 19.1 Å². The van der Waals surface area contributed by atoms with Crippen LogP contribution in [0.25, 0.3) is 0 Å². The largest absolute Gasteiger partial charge is 0.354 e. The lowest BCUT2D eigenvalue weighted by atomic mass is 10.0. The summed E-state index contributed by atoms with van der Waals surface area (Å²) in [5.74, 6) is 0.217. The summed E-state index contributed by atoms with van der Waals surface area (Å²) in [7, 11) is 1.92. The van der Waals surface area contributed by atoms with Crippen molar-refractivity contribution < 1.29 is 4.79 Å². The molecule has 0 rings (SSSR count). The van der Waals surface area contributed by atoms with E-state index in [0.29, 0.717) is 6.42 Å². The maximum atomic E-state index is 11.9. The Morgan fingerprint density at radius 2 is 1.31 bits per heavy atom. The molecule has 0 heterocycles. The Balaban J connectivity index is 3.25. The predicted molar refractivity (Wildman–Crippen MR) is 114 cm³/mol. The fourth-order valence-corrected chi connectivity index (χ4v) is 3.25. The molecule has 26 heavy (non-hydrogen) atoms. The summed E-state index contributed by atoms with van der Waals surface area (Å²) in [5, 5.41) is 9.42. The summed E-state index contributed by atoms with van der Waals surface area (Å²) in [6, 6.07) is 0.258. The Labute approximate surface area is 163 Å². The van der Waals surface area contributed by atoms with Crippen LogP contribution in [-0.4, -0.2) is 32.2 Å². The van der Waals surface area contributed by atoms with Crippen molar-refractivity contribution in [3.63, 3.8) is 0 Å². The number of unbranched alkanes of at least 4 members (excludes halogenated alkanes) is 12. The van der Waals surface area contributed by atoms with Crippen LogP contribution in [0.1, 0.15) is 110 Å². The monoisotopic (exact) mass is 369 g/mol. The molecule has 0 spiro atoms. The zero-order valence-corrected chi connectivity index (χ0v) is 18.0. The molecule has 1 atom stereocenters. The van der Waals surface area contributed by atoms with Crippen LogP contribution in [0, 0.1) is 0 Å². The highest BCUT2D eigenvalue weighted by atomic mass is 16.1. The molecule has 156 valence electrons. The molecule has 1 amide bonds. The lowest BCUT2D eigenvalue weighted by Gasteiger charge is -2.14. The summed E-state index contributed by atoms with van der Waals surface area (Å²) in [5.41, 5.74) is 0. The van der Waals surface area contributed by atoms with Crippen LogP contribution in [0.15, 0.2) is 0 Å². The van der Waals surface area contributed by atoms with Crippen LogP contribution >= 0.6 is 0 Å². The zero-order chi connectivity index (χ0) is 19.3. The molecule has 0 aromatic carbocycles. The van der Waals surface area contributed by atoms with Gasteiger partial charge in [-0.1, -0.05) is 84.0 Å². The average molecular weight is 370 g/mol. The van der Waals surface area contributed by atoms with E-state index >= 15 is 0 Å². The Morgan fingerprint density at radius 3 is 1.81 bits per heavy atom. The SMILES string of the molecule is CCCCCCCCCCCCCCCC(=O)NC(C)CCNCNC. The number of hydrogen-bond acceptors (Lipinski definition) is 3. The van der Waals surface area contributed by atoms with Gasteiger partial charge in [0.1, 0.15) is 0 Å². The molecule has 0 aliphatic rings. The smallest absolute Gasteiger partial charge is 0.220 e. The van der Waals surface area contributed by atoms with Crippen molar-refractivity contribution in [2.45, 2.75) is 116 Å². The van der Waals surface area contributed by atoms with Crippen LogP contribution in [0.5, 0.6) is 0 Å². The Hall–Kier alpha value is -0.610. The molecule has 3 N–H and O–H groups in total. The van der Waals surface area contributed by atoms with E-state index in [9.17, 15) is 4.79 Å². The molecule has 4 heteroatoms. The molecule has 1 unspecified atom stereocenters. The van der Waals surface area contributed by atoms with Gasteiger partial charge in [0.2, 0.25) is 5.91 Å². The molecular formula is C22H47N3O. The summed E-state index contributed by atoms with van der Waals surface area (Å²) < 4.78 is 0. The molecule has 0 aliphatic carbocycles. The number of nitrogens with one attached hydrogen (secondary N) is 3. The summed E-state index contributed by atoms with van der Waals surface area (Å²) >= 11 is 0. The fourth-order valence-electron chi connectivity index (χ4n) is 3.25. The topological polar surface area (TPSA) is 53.2 Å². The van der Waals surface area contributed by atoms with E-state index in [1.165, 1.54) is 77.0 Å². The van der Waals surface area contributed by atoms with Gasteiger partial charge in [-0.15, -0.1) is 0 Å². The lowest BCUT2D eigenvalue weighted by Crippen LogP contribution is -2.36. The quantitative estimate of drug-likeness (QED) is 0.206. The van der Waals surface area contributed by atoms with Crippen LogP contribution < -0.4 is 16.0 Å². The summed E-state index contributed by atoms with van der Waals surface area (Å²) in [6.45, 7) is 6.11. The van der Waals surface area contributed by atoms with Crippen molar-refractivity contribution in [3.05, 3.63) is 0 Å². The number of carbonyl (C=O) groups is 1. The molecule has 0 saturated heterocycles. The van der Waals surface area contributed by atoms with Gasteiger partial charge in [-0.05, 0) is 33.4 Å². The molecule has 0 aromatic rings. The van der Waals surface area contributed by atoms with E-state index < -0.39 is 0 Å². The number of carbonyl (C=O) groups excluding carboxylic acids is 1. The number of hydrogen-bond donors (Lipinski definition) is 3. The normalized spacial score (nSPS) is 12.3. The van der Waals surface area contributed by atoms with Crippen molar-refractivity contribution in [3.8, 4) is 0 Å². The van der Waals surface area contributed by atoms with Gasteiger partial charge in [-0.2, -0.15) is 0 Å². The van der Waals surface area contributed by atoms with Crippen LogP contribution in [0.2, 0.25) is 0 Å². The Kier molecular flexibility index (Phi) is 20.2. The van der Waals surface area contributed by atoms with Crippen molar-refractivity contribution in [1.29, 1.82) is 0 Å². The minimum Gasteiger partial charge on any atom is -0.354 e. The van der Waals surface area contributed by atoms with E-state index in [0.717, 1.165) is 26.1 Å². The number of rotatable bonds is 20. The van der Waals surface area contributed by atoms with E-state index in [4.69, 9.17) is 0 Å². The lowest BCUT2D eigenvalue weighted by molar-refractivity contribution is -0.121. The summed E-state index contributed by atoms with van der Waals surface area (Å²) in [4.78, 5) is 11.9. The third kappa shape index (κ3) is 19.7. The van der Waals surface area contributed by atoms with Gasteiger partial charge in [-0.3, -0.25) is 4.79 Å². The van der Waals surface area contributed by atoms with Crippen LogP contribution in [-0.2, 0) is 4.79 Å². The molecular weight excluding hydrogens is 322 g/mol. The van der Waals surface area contributed by atoms with E-state index in [2.05, 4.69) is 29.8 Å². The van der Waals surface area contributed by atoms with Gasteiger partial charge in [0.25, 0.3) is 0 Å². The number of amides is 1. The highest BCUT2D eigenvalue weighted by molar-refractivity contribution is 5.76. The Bertz CT molecular complexity index is 297. The van der Waals surface area contributed by atoms with Gasteiger partial charge >= 0.3 is 0 Å². The maximum absolute atomic E-state index is 11.9. The second-order valence-corrected chi connectivity index (χ2v) is 7.78. The molecule has 0 saturated carbocycles. The van der Waals surface area contributed by atoms with E-state index in [1.54, 1.807) is 0 Å². The minimum atomic E-state index is 0.217. The first kappa shape index (κ1) is 25.4. The Morgan fingerprint density at radius 1 is 0.808 bits per heavy atom. The highest BCUT2D eigenvalue weighted by Crippen LogP contribution is 2.12. The molecule has 0 fully saturated rings. The zero-order valence-electron chi connectivity index (χ0n) is 18.0. The van der Waals surface area contributed by atoms with Crippen LogP contribution in [0.3, 0.4) is 0 Å². The molecule has 0 aliphatic heterocycles.